The van der Waals surface area contributed by atoms with Gasteiger partial charge in [-0.05, 0) is 79.8 Å². The Morgan fingerprint density at radius 3 is 2.71 bits per heavy atom. The third-order valence-corrected chi connectivity index (χ3v) is 6.80. The van der Waals surface area contributed by atoms with Crippen molar-refractivity contribution in [3.8, 4) is 5.75 Å². The van der Waals surface area contributed by atoms with Gasteiger partial charge in [0.25, 0.3) is 0 Å². The lowest BCUT2D eigenvalue weighted by atomic mass is 10.0. The number of aromatic nitrogens is 2. The van der Waals surface area contributed by atoms with Gasteiger partial charge in [-0.3, -0.25) is 0 Å². The quantitative estimate of drug-likeness (QED) is 0.546. The summed E-state index contributed by atoms with van der Waals surface area (Å²) in [5, 5.41) is 12.8. The second-order valence-corrected chi connectivity index (χ2v) is 9.41. The molecule has 158 valence electrons. The maximum absolute atomic E-state index is 12.3. The average molecular weight is 436 g/mol. The Morgan fingerprint density at radius 1 is 1.13 bits per heavy atom. The highest BCUT2D eigenvalue weighted by Crippen LogP contribution is 2.32. The maximum Gasteiger partial charge on any atom is 0.240 e. The van der Waals surface area contributed by atoms with Crippen LogP contribution in [0.3, 0.4) is 0 Å². The smallest absolute Gasteiger partial charge is 0.240 e. The van der Waals surface area contributed by atoms with E-state index in [4.69, 9.17) is 0 Å². The number of benzene rings is 1. The van der Waals surface area contributed by atoms with Crippen molar-refractivity contribution in [3.63, 3.8) is 0 Å². The zero-order valence-electron chi connectivity index (χ0n) is 16.7. The molecule has 0 unspecified atom stereocenters. The first kappa shape index (κ1) is 19.6. The first-order valence-corrected chi connectivity index (χ1v) is 11.6. The van der Waals surface area contributed by atoms with E-state index in [-0.39, 0.29) is 16.7 Å². The Balaban J connectivity index is 1.35. The van der Waals surface area contributed by atoms with Gasteiger partial charge in [-0.2, -0.15) is 4.98 Å². The van der Waals surface area contributed by atoms with Gasteiger partial charge in [-0.1, -0.05) is 0 Å². The highest BCUT2D eigenvalue weighted by molar-refractivity contribution is 7.89. The summed E-state index contributed by atoms with van der Waals surface area (Å²) in [7, 11) is -3.48. The van der Waals surface area contributed by atoms with Gasteiger partial charge < -0.3 is 15.3 Å². The zero-order valence-corrected chi connectivity index (χ0v) is 17.5. The van der Waals surface area contributed by atoms with E-state index in [9.17, 15) is 13.5 Å². The fourth-order valence-corrected chi connectivity index (χ4v) is 4.87. The standard InChI is InChI=1S/C22H21N5O3S/c28-18-7-10-20-15(14-18)2-1-13-27(20)21-11-12-23-22(25-21)24-16-5-8-19(9-6-16)31(29,30)26-17-3-4-17/h5-6,8-9,11-12,14,17,26,28H,1-4,13H2,(H,23,24,25). The molecule has 31 heavy (non-hydrogen) atoms. The Morgan fingerprint density at radius 2 is 1.94 bits per heavy atom. The molecular weight excluding hydrogens is 414 g/mol. The summed E-state index contributed by atoms with van der Waals surface area (Å²) in [5.74, 6) is 1.20. The van der Waals surface area contributed by atoms with Gasteiger partial charge in [0.1, 0.15) is 5.82 Å². The fourth-order valence-electron chi connectivity index (χ4n) is 3.57. The molecule has 0 amide bonds. The van der Waals surface area contributed by atoms with E-state index < -0.39 is 10.0 Å². The van der Waals surface area contributed by atoms with Crippen molar-refractivity contribution in [1.82, 2.24) is 14.7 Å². The Labute approximate surface area is 181 Å². The highest BCUT2D eigenvalue weighted by Gasteiger charge is 2.27. The van der Waals surface area contributed by atoms with Crippen molar-refractivity contribution in [3.05, 3.63) is 60.3 Å². The molecule has 1 aliphatic heterocycles. The lowest BCUT2D eigenvalue weighted by Crippen LogP contribution is -2.25. The third-order valence-electron chi connectivity index (χ3n) is 5.26. The van der Waals surface area contributed by atoms with E-state index >= 15 is 0 Å². The van der Waals surface area contributed by atoms with E-state index in [1.165, 1.54) is 0 Å². The van der Waals surface area contributed by atoms with Gasteiger partial charge in [-0.25, -0.2) is 18.1 Å². The van der Waals surface area contributed by atoms with Crippen molar-refractivity contribution in [2.24, 2.45) is 0 Å². The first-order valence-electron chi connectivity index (χ1n) is 10.1. The number of hydrogen-bond donors (Lipinski definition) is 3. The third kappa shape index (κ3) is 4.26. The molecule has 2 aromatic carbocycles. The van der Waals surface area contributed by atoms with Crippen LogP contribution in [0.1, 0.15) is 24.8 Å². The van der Waals surface area contributed by atoms with Crippen molar-refractivity contribution in [1.29, 1.82) is 0 Å². The van der Waals surface area contributed by atoms with Crippen LogP contribution in [-0.2, 0) is 16.4 Å². The van der Waals surface area contributed by atoms with Gasteiger partial charge in [0.2, 0.25) is 16.0 Å². The van der Waals surface area contributed by atoms with Crippen molar-refractivity contribution in [2.75, 3.05) is 16.8 Å². The molecule has 3 aromatic rings. The van der Waals surface area contributed by atoms with Gasteiger partial charge in [0, 0.05) is 24.5 Å². The monoisotopic (exact) mass is 435 g/mol. The number of sulfonamides is 1. The molecule has 0 bridgehead atoms. The summed E-state index contributed by atoms with van der Waals surface area (Å²) in [6.07, 6.45) is 5.25. The van der Waals surface area contributed by atoms with E-state index in [1.54, 1.807) is 36.5 Å². The SMILES string of the molecule is O=S(=O)(NC1CC1)c1ccc(Nc2nccc(N3CCCc4cc(O)c#cc43)n2)cc1. The van der Waals surface area contributed by atoms with Crippen LogP contribution in [0.2, 0.25) is 0 Å². The number of nitrogens with zero attached hydrogens (tertiary/aromatic N) is 3. The molecule has 1 fully saturated rings. The largest absolute Gasteiger partial charge is 0.501 e. The van der Waals surface area contributed by atoms with Crippen LogP contribution in [-0.4, -0.2) is 36.1 Å². The number of aromatic hydroxyl groups is 1. The van der Waals surface area contributed by atoms with Crippen LogP contribution in [0.15, 0.2) is 47.5 Å². The number of nitrogens with one attached hydrogen (secondary N) is 2. The van der Waals surface area contributed by atoms with E-state index in [1.807, 2.05) is 11.0 Å². The average Bonchev–Trinajstić information content (AvgIpc) is 3.57. The summed E-state index contributed by atoms with van der Waals surface area (Å²) in [6, 6.07) is 15.9. The minimum atomic E-state index is -3.48. The molecule has 0 radical (unpaired) electrons. The Bertz CT molecular complexity index is 1210. The second-order valence-electron chi connectivity index (χ2n) is 7.69. The number of fused-ring (bicyclic) bond motifs is 1. The highest BCUT2D eigenvalue weighted by atomic mass is 32.2. The number of rotatable bonds is 6. The normalized spacial score (nSPS) is 15.8. The number of hydrogen-bond acceptors (Lipinski definition) is 7. The molecule has 8 nitrogen and oxygen atoms in total. The summed E-state index contributed by atoms with van der Waals surface area (Å²) in [5.41, 5.74) is 2.55. The van der Waals surface area contributed by atoms with Crippen molar-refractivity contribution >= 4 is 33.2 Å². The molecule has 9 heteroatoms. The van der Waals surface area contributed by atoms with Crippen molar-refractivity contribution < 1.29 is 13.5 Å². The van der Waals surface area contributed by atoms with E-state index in [0.717, 1.165) is 43.5 Å². The molecule has 2 aliphatic rings. The van der Waals surface area contributed by atoms with Crippen LogP contribution in [0.5, 0.6) is 5.75 Å². The predicted molar refractivity (Wildman–Crippen MR) is 116 cm³/mol. The molecule has 0 spiro atoms. The van der Waals surface area contributed by atoms with Gasteiger partial charge in [0.05, 0.1) is 10.6 Å². The van der Waals surface area contributed by atoms with Gasteiger partial charge >= 0.3 is 0 Å². The zero-order chi connectivity index (χ0) is 21.4. The van der Waals surface area contributed by atoms with Crippen LogP contribution in [0.25, 0.3) is 0 Å². The van der Waals surface area contributed by atoms with Crippen LogP contribution in [0, 0.1) is 12.1 Å². The minimum Gasteiger partial charge on any atom is -0.501 e. The number of aryl methyl sites for hydroxylation is 1. The first-order chi connectivity index (χ1) is 15.0. The van der Waals surface area contributed by atoms with Crippen LogP contribution < -0.4 is 14.9 Å². The molecule has 3 N–H and O–H groups in total. The van der Waals surface area contributed by atoms with Crippen molar-refractivity contribution in [2.45, 2.75) is 36.6 Å². The van der Waals surface area contributed by atoms with E-state index in [2.05, 4.69) is 32.1 Å². The Hall–Kier alpha value is -3.35. The molecule has 0 saturated heterocycles. The molecular formula is C22H21N5O3S. The Kier molecular flexibility index (Phi) is 4.88. The summed E-state index contributed by atoms with van der Waals surface area (Å²) in [4.78, 5) is 11.2. The predicted octanol–water partition coefficient (Wildman–Crippen LogP) is 3.05. The number of anilines is 4. The van der Waals surface area contributed by atoms with Gasteiger partial charge in [0.15, 0.2) is 5.75 Å². The lowest BCUT2D eigenvalue weighted by molar-refractivity contribution is 0.474. The second kappa shape index (κ2) is 7.72. The molecule has 2 heterocycles. The molecule has 1 aromatic heterocycles. The summed E-state index contributed by atoms with van der Waals surface area (Å²) in [6.45, 7) is 0.777. The maximum atomic E-state index is 12.3. The fraction of sp³-hybridized carbons (Fsp3) is 0.273. The molecule has 1 aliphatic carbocycles. The molecule has 1 saturated carbocycles. The summed E-state index contributed by atoms with van der Waals surface area (Å²) < 4.78 is 27.3. The molecule has 0 atom stereocenters. The van der Waals surface area contributed by atoms with Crippen LogP contribution in [0.4, 0.5) is 23.1 Å². The minimum absolute atomic E-state index is 0.0673. The van der Waals surface area contributed by atoms with Gasteiger partial charge in [-0.15, -0.1) is 0 Å². The topological polar surface area (TPSA) is 107 Å². The van der Waals surface area contributed by atoms with Crippen LogP contribution >= 0.6 is 0 Å². The molecule has 5 rings (SSSR count). The van der Waals surface area contributed by atoms with E-state index in [0.29, 0.717) is 17.5 Å². The lowest BCUT2D eigenvalue weighted by Gasteiger charge is -2.28. The summed E-state index contributed by atoms with van der Waals surface area (Å²) >= 11 is 0.